The van der Waals surface area contributed by atoms with E-state index >= 15 is 0 Å². The SMILES string of the molecule is [2H]c1c([2H])c(C(C)(C)C)c([2H])c([2H])c1-c1c([2H])c([2H])[n+]2c(c1[2H])-c1cc(C(C)(C)C)cc3c1C21Oc2ccccc2-c2n(-c4cc(C)c(-c5ccc(C(C)(C)C)cc5)cc4-c4ccccc4)c4cccc-3c4[n+]21. The van der Waals surface area contributed by atoms with Crippen molar-refractivity contribution in [2.75, 3.05) is 0 Å². The van der Waals surface area contributed by atoms with Crippen LogP contribution in [0.5, 0.6) is 5.75 Å². The lowest BCUT2D eigenvalue weighted by atomic mass is 9.80. The van der Waals surface area contributed by atoms with E-state index in [2.05, 4.69) is 155 Å². The Balaban J connectivity index is 1.24. The summed E-state index contributed by atoms with van der Waals surface area (Å²) < 4.78 is 81.6. The van der Waals surface area contributed by atoms with Crippen LogP contribution in [-0.2, 0) is 22.1 Å². The number of rotatable bonds is 4. The molecule has 7 aromatic carbocycles. The van der Waals surface area contributed by atoms with Crippen LogP contribution in [0.4, 0.5) is 0 Å². The quantitative estimate of drug-likeness (QED) is 0.162. The van der Waals surface area contributed by atoms with Crippen LogP contribution < -0.4 is 13.9 Å². The molecule has 1 spiro atoms. The van der Waals surface area contributed by atoms with Gasteiger partial charge in [0.1, 0.15) is 23.9 Å². The third-order valence-corrected chi connectivity index (χ3v) is 13.9. The summed E-state index contributed by atoms with van der Waals surface area (Å²) in [5.41, 5.74) is 13.5. The van der Waals surface area contributed by atoms with E-state index in [0.717, 1.165) is 72.6 Å². The molecule has 2 aromatic heterocycles. The van der Waals surface area contributed by atoms with E-state index < -0.39 is 17.3 Å². The van der Waals surface area contributed by atoms with Crippen LogP contribution in [0.2, 0.25) is 0 Å². The number of imidazole rings is 1. The lowest BCUT2D eigenvalue weighted by Gasteiger charge is -2.33. The first kappa shape index (κ1) is 33.4. The van der Waals surface area contributed by atoms with E-state index in [1.54, 1.807) is 4.57 Å². The van der Waals surface area contributed by atoms with E-state index in [1.165, 1.54) is 5.56 Å². The number of benzene rings is 7. The van der Waals surface area contributed by atoms with Crippen molar-refractivity contribution < 1.29 is 23.5 Å². The average molecular weight is 867 g/mol. The Morgan fingerprint density at radius 3 is 1.89 bits per heavy atom. The first-order valence-corrected chi connectivity index (χ1v) is 23.0. The largest absolute Gasteiger partial charge is 0.499 e. The zero-order valence-corrected chi connectivity index (χ0v) is 39.3. The van der Waals surface area contributed by atoms with Crippen LogP contribution in [-0.4, -0.2) is 4.57 Å². The first-order valence-electron chi connectivity index (χ1n) is 26.5. The molecule has 4 heteroatoms. The fraction of sp³-hybridized carbons (Fsp3) is 0.226. The molecular weight excluding hydrogens is 803 g/mol. The van der Waals surface area contributed by atoms with Gasteiger partial charge in [-0.15, -0.1) is 9.13 Å². The number of pyridine rings is 1. The molecule has 9 aromatic rings. The molecule has 0 radical (unpaired) electrons. The normalized spacial score (nSPS) is 17.1. The Labute approximate surface area is 399 Å². The van der Waals surface area contributed by atoms with Gasteiger partial charge in [0.2, 0.25) is 5.69 Å². The molecule has 0 saturated carbocycles. The highest BCUT2D eigenvalue weighted by atomic mass is 16.5. The molecule has 4 nitrogen and oxygen atoms in total. The molecule has 1 unspecified atom stereocenters. The molecule has 0 fully saturated rings. The van der Waals surface area contributed by atoms with Gasteiger partial charge in [-0.25, -0.2) is 0 Å². The summed E-state index contributed by atoms with van der Waals surface area (Å²) in [4.78, 5) is 0. The molecule has 12 rings (SSSR count). The standard InChI is InChI=1S/C62H57N3O/c1-38-33-54(49(40-17-12-11-13-18-40)37-48(38)41-25-29-44(30-26-41)60(5,6)7)64-52-21-16-20-46-50-35-45(61(8,9)10)36-51-53-34-42(39-23-27-43(28-24-39)59(2,3)4)31-32-63(53)62(56(50)51)65(57(46)52)58(64)47-19-14-15-22-55(47)66-62/h11-37H,1-10H3/q+2/i23D,24D,27D,28D,31D,32D,34D. The number of nitrogens with zero attached hydrogens (tertiary/aromatic N) is 3. The van der Waals surface area contributed by atoms with Gasteiger partial charge in [0.25, 0.3) is 0 Å². The smallest absolute Gasteiger partial charge is 0.392 e. The molecule has 324 valence electrons. The molecule has 5 heterocycles. The van der Waals surface area contributed by atoms with Gasteiger partial charge < -0.3 is 4.74 Å². The number of aryl methyl sites for hydroxylation is 1. The molecule has 0 amide bonds. The Kier molecular flexibility index (Phi) is 6.97. The Morgan fingerprint density at radius 2 is 1.18 bits per heavy atom. The zero-order valence-electron chi connectivity index (χ0n) is 46.3. The maximum absolute atomic E-state index is 10.3. The Morgan fingerprint density at radius 1 is 0.530 bits per heavy atom. The summed E-state index contributed by atoms with van der Waals surface area (Å²) in [7, 11) is 0. The summed E-state index contributed by atoms with van der Waals surface area (Å²) in [5.74, 6) is -0.334. The predicted molar refractivity (Wildman–Crippen MR) is 270 cm³/mol. The highest BCUT2D eigenvalue weighted by Gasteiger charge is 2.68. The van der Waals surface area contributed by atoms with E-state index in [-0.39, 0.29) is 63.9 Å². The summed E-state index contributed by atoms with van der Waals surface area (Å²) >= 11 is 0. The van der Waals surface area contributed by atoms with Crippen molar-refractivity contribution >= 4 is 11.0 Å². The third kappa shape index (κ3) is 5.76. The number of hydrogen-bond donors (Lipinski definition) is 0. The number of para-hydroxylation sites is 2. The van der Waals surface area contributed by atoms with Crippen molar-refractivity contribution in [2.45, 2.75) is 91.3 Å². The molecule has 0 bridgehead atoms. The minimum absolute atomic E-state index is 0.00694. The van der Waals surface area contributed by atoms with Crippen molar-refractivity contribution in [3.63, 3.8) is 0 Å². The molecular formula is C62H57N3O+2. The fourth-order valence-electron chi connectivity index (χ4n) is 10.4. The van der Waals surface area contributed by atoms with E-state index in [4.69, 9.17) is 4.74 Å². The average Bonchev–Trinajstić information content (AvgIpc) is 3.85. The third-order valence-electron chi connectivity index (χ3n) is 13.9. The lowest BCUT2D eigenvalue weighted by molar-refractivity contribution is -0.997. The molecule has 1 atom stereocenters. The van der Waals surface area contributed by atoms with Crippen LogP contribution in [0.15, 0.2) is 164 Å². The van der Waals surface area contributed by atoms with Gasteiger partial charge in [-0.2, -0.15) is 4.57 Å². The zero-order chi connectivity index (χ0) is 51.7. The fourth-order valence-corrected chi connectivity index (χ4v) is 10.4. The highest BCUT2D eigenvalue weighted by Crippen LogP contribution is 2.54. The van der Waals surface area contributed by atoms with E-state index in [9.17, 15) is 9.60 Å². The summed E-state index contributed by atoms with van der Waals surface area (Å²) in [6, 6.07) is 40.9. The maximum Gasteiger partial charge on any atom is 0.499 e. The molecule has 3 aliphatic rings. The summed E-state index contributed by atoms with van der Waals surface area (Å²) in [5, 5.41) is 0. The number of ether oxygens (including phenoxy) is 1. The van der Waals surface area contributed by atoms with Gasteiger partial charge in [-0.1, -0.05) is 159 Å². The molecule has 66 heavy (non-hydrogen) atoms. The van der Waals surface area contributed by atoms with Gasteiger partial charge in [-0.3, -0.25) is 0 Å². The van der Waals surface area contributed by atoms with Crippen LogP contribution in [0.3, 0.4) is 0 Å². The van der Waals surface area contributed by atoms with Crippen LogP contribution >= 0.6 is 0 Å². The Bertz CT molecular complexity index is 3880. The predicted octanol–water partition coefficient (Wildman–Crippen LogP) is 14.6. The van der Waals surface area contributed by atoms with E-state index in [0.29, 0.717) is 22.6 Å². The first-order chi connectivity index (χ1) is 34.5. The van der Waals surface area contributed by atoms with Gasteiger partial charge in [0.05, 0.1) is 13.8 Å². The van der Waals surface area contributed by atoms with Crippen molar-refractivity contribution in [3.8, 4) is 78.6 Å². The van der Waals surface area contributed by atoms with Crippen LogP contribution in [0, 0.1) is 6.92 Å². The second-order valence-electron chi connectivity index (χ2n) is 21.4. The summed E-state index contributed by atoms with van der Waals surface area (Å²) in [6.45, 7) is 20.9. The molecule has 3 aliphatic heterocycles. The minimum atomic E-state index is -1.68. The maximum atomic E-state index is 10.3. The van der Waals surface area contributed by atoms with Gasteiger partial charge in [-0.05, 0) is 122 Å². The molecule has 0 N–H and O–H groups in total. The second kappa shape index (κ2) is 13.7. The topological polar surface area (TPSA) is 21.9 Å². The van der Waals surface area contributed by atoms with Gasteiger partial charge in [0.15, 0.2) is 17.2 Å². The Hall–Kier alpha value is -7.04. The number of hydrogen-bond acceptors (Lipinski definition) is 1. The molecule has 0 aliphatic carbocycles. The van der Waals surface area contributed by atoms with Crippen LogP contribution in [0.1, 0.15) is 99.7 Å². The molecule has 0 saturated heterocycles. The van der Waals surface area contributed by atoms with Gasteiger partial charge in [0, 0.05) is 28.8 Å². The lowest BCUT2D eigenvalue weighted by Crippen LogP contribution is -2.78. The van der Waals surface area contributed by atoms with Crippen molar-refractivity contribution in [2.24, 2.45) is 0 Å². The van der Waals surface area contributed by atoms with Crippen LogP contribution in [0.25, 0.3) is 83.9 Å². The highest BCUT2D eigenvalue weighted by molar-refractivity contribution is 5.99. The monoisotopic (exact) mass is 866 g/mol. The van der Waals surface area contributed by atoms with Gasteiger partial charge >= 0.3 is 11.7 Å². The second-order valence-corrected chi connectivity index (χ2v) is 21.4. The number of fused-ring (bicyclic) bond motifs is 5. The number of aromatic nitrogens is 3. The van der Waals surface area contributed by atoms with E-state index in [1.807, 2.05) is 45.0 Å². The van der Waals surface area contributed by atoms with Crippen molar-refractivity contribution in [1.82, 2.24) is 4.57 Å². The summed E-state index contributed by atoms with van der Waals surface area (Å²) in [6.07, 6.45) is -0.294. The van der Waals surface area contributed by atoms with Crippen molar-refractivity contribution in [3.05, 3.63) is 192 Å². The van der Waals surface area contributed by atoms with Crippen molar-refractivity contribution in [1.29, 1.82) is 0 Å². The minimum Gasteiger partial charge on any atom is -0.392 e.